The first-order valence-electron chi connectivity index (χ1n) is 41.5. The minimum absolute atomic E-state index is 0.767. The lowest BCUT2D eigenvalue weighted by atomic mass is 9.73. The normalized spacial score (nSPS) is 11.7. The molecule has 0 fully saturated rings. The van der Waals surface area contributed by atoms with E-state index >= 15 is 0 Å². The summed E-state index contributed by atoms with van der Waals surface area (Å²) < 4.78 is 34.8. The van der Waals surface area contributed by atoms with Gasteiger partial charge in [-0.15, -0.1) is 0 Å². The Hall–Kier alpha value is -15.8. The van der Waals surface area contributed by atoms with Gasteiger partial charge in [0.05, 0.1) is 42.7 Å². The van der Waals surface area contributed by atoms with E-state index in [1.54, 1.807) is 42.7 Å². The zero-order chi connectivity index (χ0) is 82.5. The summed E-state index contributed by atoms with van der Waals surface area (Å²) in [5, 5.41) is 21.5. The van der Waals surface area contributed by atoms with Crippen LogP contribution in [-0.4, -0.2) is 42.7 Å². The monoisotopic (exact) mass is 1590 g/mol. The van der Waals surface area contributed by atoms with Gasteiger partial charge in [-0.25, -0.2) is 0 Å². The number of hydrogen-bond acceptors (Lipinski definition) is 9. The lowest BCUT2D eigenvalue weighted by Crippen LogP contribution is -2.10. The van der Waals surface area contributed by atoms with E-state index in [-0.39, 0.29) is 0 Å². The molecule has 0 saturated carbocycles. The highest BCUT2D eigenvalue weighted by Gasteiger charge is 2.33. The molecule has 0 spiro atoms. The molecule has 0 radical (unpaired) electrons. The Balaban J connectivity index is 0.919. The molecule has 0 aliphatic carbocycles. The average Bonchev–Trinajstić information content (AvgIpc) is 0.700. The molecule has 0 bridgehead atoms. The molecule has 22 rings (SSSR count). The molecule has 0 aliphatic heterocycles. The maximum Gasteiger partial charge on any atom is 0.119 e. The summed E-state index contributed by atoms with van der Waals surface area (Å²) in [4.78, 5) is 6.92. The van der Waals surface area contributed by atoms with Gasteiger partial charge in [-0.1, -0.05) is 164 Å². The molecular weight excluding hydrogens is 1510 g/mol. The van der Waals surface area contributed by atoms with Gasteiger partial charge in [-0.3, -0.25) is 0 Å². The highest BCUT2D eigenvalue weighted by Crippen LogP contribution is 2.59. The number of methoxy groups -OCH3 is 6. The van der Waals surface area contributed by atoms with Crippen LogP contribution in [0.1, 0.15) is 0 Å². The Morgan fingerprint density at radius 1 is 0.138 bits per heavy atom. The Bertz CT molecular complexity index is 6660. The first-order valence-corrected chi connectivity index (χ1v) is 41.5. The summed E-state index contributed by atoms with van der Waals surface area (Å²) in [6.45, 7) is 0. The first-order chi connectivity index (χ1) is 60.6. The second kappa shape index (κ2) is 30.2. The van der Waals surface area contributed by atoms with Crippen molar-refractivity contribution in [1.29, 1.82) is 0 Å². The summed E-state index contributed by atoms with van der Waals surface area (Å²) in [7, 11) is 10.3. The van der Waals surface area contributed by atoms with E-state index in [2.05, 4.69) is 324 Å². The van der Waals surface area contributed by atoms with E-state index in [1.807, 2.05) is 72.8 Å². The van der Waals surface area contributed by atoms with Gasteiger partial charge in [0.25, 0.3) is 0 Å². The van der Waals surface area contributed by atoms with Gasteiger partial charge in [0, 0.05) is 51.2 Å². The van der Waals surface area contributed by atoms with Gasteiger partial charge in [0.1, 0.15) is 34.5 Å². The van der Waals surface area contributed by atoms with Gasteiger partial charge >= 0.3 is 0 Å². The van der Waals surface area contributed by atoms with Crippen LogP contribution in [0.4, 0.5) is 51.2 Å². The zero-order valence-corrected chi connectivity index (χ0v) is 68.7. The quantitative estimate of drug-likeness (QED) is 0.0655. The Morgan fingerprint density at radius 2 is 0.276 bits per heavy atom. The Morgan fingerprint density at radius 3 is 0.439 bits per heavy atom. The molecule has 0 heterocycles. The molecule has 22 aromatic rings. The minimum Gasteiger partial charge on any atom is -0.497 e. The summed E-state index contributed by atoms with van der Waals surface area (Å²) in [6, 6.07) is 141. The molecule has 123 heavy (non-hydrogen) atoms. The van der Waals surface area contributed by atoms with E-state index < -0.39 is 0 Å². The van der Waals surface area contributed by atoms with Crippen LogP contribution < -0.4 is 43.1 Å². The van der Waals surface area contributed by atoms with Crippen LogP contribution in [0.5, 0.6) is 34.5 Å². The molecule has 22 aromatic carbocycles. The standard InChI is InChI=1S/C114H81N3O6/c1-118-97-52-40-91(41-53-97)115(92-42-54-98(119-2)55-43-92)88-34-28-76(29-35-88)109-112(85-64-79-22-16-70-10-7-11-71-17-23-80(65-85)106(79)103(70)71)110(77-30-36-89(37-31-77)116(93-44-56-99(120-3)57-45-93)94-46-58-100(121-4)59-47-94)114(87-68-83-26-20-74-14-9-15-75-21-27-84(69-87)108(83)105(74)75)111(113(109)86-66-81-24-18-72-12-8-13-73-19-25-82(67-86)107(81)104(72)73)78-32-38-90(39-33-78)117(95-48-60-101(122-5)61-49-95)96-50-62-102(123-6)63-51-96/h7-69H,1-6H3. The Labute approximate surface area is 712 Å². The van der Waals surface area contributed by atoms with E-state index in [4.69, 9.17) is 28.4 Å². The lowest BCUT2D eigenvalue weighted by Gasteiger charge is -2.31. The number of ether oxygens (including phenoxy) is 6. The van der Waals surface area contributed by atoms with Crippen molar-refractivity contribution in [3.63, 3.8) is 0 Å². The van der Waals surface area contributed by atoms with Gasteiger partial charge in [0.2, 0.25) is 0 Å². The predicted octanol–water partition coefficient (Wildman–Crippen LogP) is 30.8. The average molecular weight is 1590 g/mol. The highest BCUT2D eigenvalue weighted by atomic mass is 16.5. The maximum absolute atomic E-state index is 5.81. The lowest BCUT2D eigenvalue weighted by molar-refractivity contribution is 0.414. The number of nitrogens with zero attached hydrogens (tertiary/aromatic N) is 3. The van der Waals surface area contributed by atoms with E-state index in [1.165, 1.54) is 64.6 Å². The van der Waals surface area contributed by atoms with Crippen LogP contribution in [-0.2, 0) is 0 Å². The Kier molecular flexibility index (Phi) is 18.1. The van der Waals surface area contributed by atoms with E-state index in [0.29, 0.717) is 0 Å². The smallest absolute Gasteiger partial charge is 0.119 e. The number of rotatable bonds is 21. The number of anilines is 9. The third kappa shape index (κ3) is 12.6. The summed E-state index contributed by atoms with van der Waals surface area (Å²) in [5.74, 6) is 4.60. The van der Waals surface area contributed by atoms with Gasteiger partial charge in [-0.05, 0) is 382 Å². The molecule has 0 saturated heterocycles. The molecule has 0 aliphatic rings. The van der Waals surface area contributed by atoms with Crippen molar-refractivity contribution in [3.05, 3.63) is 382 Å². The van der Waals surface area contributed by atoms with E-state index in [9.17, 15) is 0 Å². The minimum atomic E-state index is 0.767. The van der Waals surface area contributed by atoms with Crippen molar-refractivity contribution in [2.24, 2.45) is 0 Å². The molecule has 9 heteroatoms. The van der Waals surface area contributed by atoms with Gasteiger partial charge in [-0.2, -0.15) is 0 Å². The van der Waals surface area contributed by atoms with Crippen molar-refractivity contribution in [2.45, 2.75) is 0 Å². The molecule has 0 atom stereocenters. The van der Waals surface area contributed by atoms with Crippen molar-refractivity contribution < 1.29 is 28.4 Å². The number of hydrogen-bond donors (Lipinski definition) is 0. The topological polar surface area (TPSA) is 65.1 Å². The summed E-state index contributed by atoms with van der Waals surface area (Å²) >= 11 is 0. The predicted molar refractivity (Wildman–Crippen MR) is 514 cm³/mol. The summed E-state index contributed by atoms with van der Waals surface area (Å²) in [5.41, 5.74) is 21.2. The van der Waals surface area contributed by atoms with Gasteiger partial charge in [0.15, 0.2) is 0 Å². The number of benzene rings is 22. The SMILES string of the molecule is COc1ccc(N(c2ccc(OC)cc2)c2ccc(-c3c(-c4cc5ccc6cccc7ccc(c4)c5c67)c(-c4ccc(N(c5ccc(OC)cc5)c5ccc(OC)cc5)cc4)c(-c4cc5ccc6cccc7ccc(c4)c5c67)c(-c4ccc(N(c5ccc(OC)cc5)c5ccc(OC)cc5)cc4)c3-c3cc4ccc5cccc6ccc(c3)c4c56)cc2)cc1. The first kappa shape index (κ1) is 73.5. The molecule has 0 aromatic heterocycles. The van der Waals surface area contributed by atoms with Crippen LogP contribution >= 0.6 is 0 Å². The molecule has 9 nitrogen and oxygen atoms in total. The molecule has 588 valence electrons. The highest BCUT2D eigenvalue weighted by molar-refractivity contribution is 6.29. The van der Waals surface area contributed by atoms with Crippen molar-refractivity contribution >= 4 is 148 Å². The fourth-order valence-electron chi connectivity index (χ4n) is 19.2. The van der Waals surface area contributed by atoms with Crippen LogP contribution in [0.2, 0.25) is 0 Å². The van der Waals surface area contributed by atoms with Crippen LogP contribution in [0.15, 0.2) is 382 Å². The van der Waals surface area contributed by atoms with Crippen molar-refractivity contribution in [3.8, 4) is 101 Å². The maximum atomic E-state index is 5.81. The van der Waals surface area contributed by atoms with E-state index in [0.717, 1.165) is 185 Å². The van der Waals surface area contributed by atoms with Crippen molar-refractivity contribution in [1.82, 2.24) is 0 Å². The second-order valence-electron chi connectivity index (χ2n) is 31.6. The van der Waals surface area contributed by atoms with Crippen molar-refractivity contribution in [2.75, 3.05) is 57.4 Å². The largest absolute Gasteiger partial charge is 0.497 e. The third-order valence-electron chi connectivity index (χ3n) is 25.0. The molecule has 0 N–H and O–H groups in total. The van der Waals surface area contributed by atoms with Crippen LogP contribution in [0.25, 0.3) is 164 Å². The van der Waals surface area contributed by atoms with Crippen LogP contribution in [0, 0.1) is 0 Å². The summed E-state index contributed by atoms with van der Waals surface area (Å²) in [6.07, 6.45) is 0. The molecular formula is C114H81N3O6. The fourth-order valence-corrected chi connectivity index (χ4v) is 19.2. The van der Waals surface area contributed by atoms with Crippen LogP contribution in [0.3, 0.4) is 0 Å². The third-order valence-corrected chi connectivity index (χ3v) is 25.0. The second-order valence-corrected chi connectivity index (χ2v) is 31.6. The molecule has 0 amide bonds. The molecule has 0 unspecified atom stereocenters. The fraction of sp³-hybridized carbons (Fsp3) is 0.0526. The van der Waals surface area contributed by atoms with Gasteiger partial charge < -0.3 is 43.1 Å². The zero-order valence-electron chi connectivity index (χ0n) is 68.7.